The molecular weight excluding hydrogens is 346 g/mol. The first-order valence-corrected chi connectivity index (χ1v) is 8.82. The lowest BCUT2D eigenvalue weighted by atomic mass is 10.1. The minimum atomic E-state index is -0.561. The number of hydrogen-bond donors (Lipinski definition) is 1. The van der Waals surface area contributed by atoms with Crippen LogP contribution in [-0.4, -0.2) is 33.3 Å². The molecule has 2 rings (SSSR count). The topological polar surface area (TPSA) is 66.0 Å². The van der Waals surface area contributed by atoms with Crippen LogP contribution in [0.5, 0.6) is 23.0 Å². The average Bonchev–Trinajstić information content (AvgIpc) is 2.69. The fraction of sp³-hybridized carbons (Fsp3) is 0.381. The number of benzene rings is 2. The lowest BCUT2D eigenvalue weighted by molar-refractivity contribution is -0.128. The van der Waals surface area contributed by atoms with Gasteiger partial charge < -0.3 is 24.3 Å². The molecule has 0 heterocycles. The highest BCUT2D eigenvalue weighted by molar-refractivity contribution is 5.81. The van der Waals surface area contributed by atoms with Crippen LogP contribution >= 0.6 is 0 Å². The number of carbonyl (C=O) groups excluding carboxylic acids is 1. The van der Waals surface area contributed by atoms with E-state index in [0.717, 1.165) is 11.1 Å². The Labute approximate surface area is 160 Å². The number of aryl methyl sites for hydroxylation is 1. The molecule has 0 fully saturated rings. The molecule has 0 aliphatic heterocycles. The SMILES string of the molecule is CC[C@H](Oc1cccc(C)c1)C(=O)NCc1cc(OC)c(OC)c(OC)c1. The number of hydrogen-bond acceptors (Lipinski definition) is 5. The lowest BCUT2D eigenvalue weighted by Gasteiger charge is -2.18. The van der Waals surface area contributed by atoms with Gasteiger partial charge in [-0.05, 0) is 48.7 Å². The van der Waals surface area contributed by atoms with Gasteiger partial charge in [-0.25, -0.2) is 0 Å². The summed E-state index contributed by atoms with van der Waals surface area (Å²) in [6.45, 7) is 4.22. The van der Waals surface area contributed by atoms with E-state index in [0.29, 0.717) is 36.0 Å². The molecule has 146 valence electrons. The minimum Gasteiger partial charge on any atom is -0.493 e. The van der Waals surface area contributed by atoms with E-state index in [-0.39, 0.29) is 5.91 Å². The van der Waals surface area contributed by atoms with Gasteiger partial charge in [-0.2, -0.15) is 0 Å². The summed E-state index contributed by atoms with van der Waals surface area (Å²) in [6, 6.07) is 11.3. The Morgan fingerprint density at radius 3 is 2.22 bits per heavy atom. The Bertz CT molecular complexity index is 750. The fourth-order valence-electron chi connectivity index (χ4n) is 2.72. The lowest BCUT2D eigenvalue weighted by Crippen LogP contribution is -2.37. The third-order valence-electron chi connectivity index (χ3n) is 4.12. The number of methoxy groups -OCH3 is 3. The van der Waals surface area contributed by atoms with Gasteiger partial charge in [0.1, 0.15) is 5.75 Å². The van der Waals surface area contributed by atoms with Crippen molar-refractivity contribution >= 4 is 5.91 Å². The van der Waals surface area contributed by atoms with Crippen molar-refractivity contribution in [1.29, 1.82) is 0 Å². The summed E-state index contributed by atoms with van der Waals surface area (Å²) >= 11 is 0. The zero-order valence-corrected chi connectivity index (χ0v) is 16.5. The molecule has 0 saturated heterocycles. The van der Waals surface area contributed by atoms with Crippen LogP contribution in [0.15, 0.2) is 36.4 Å². The van der Waals surface area contributed by atoms with Gasteiger partial charge in [0.15, 0.2) is 17.6 Å². The van der Waals surface area contributed by atoms with Gasteiger partial charge in [0, 0.05) is 6.54 Å². The largest absolute Gasteiger partial charge is 0.493 e. The summed E-state index contributed by atoms with van der Waals surface area (Å²) in [5.41, 5.74) is 1.92. The van der Waals surface area contributed by atoms with E-state index in [1.165, 1.54) is 0 Å². The first-order chi connectivity index (χ1) is 13.0. The van der Waals surface area contributed by atoms with Crippen molar-refractivity contribution in [3.8, 4) is 23.0 Å². The van der Waals surface area contributed by atoms with Gasteiger partial charge in [0.2, 0.25) is 5.75 Å². The molecule has 0 saturated carbocycles. The third-order valence-corrected chi connectivity index (χ3v) is 4.12. The van der Waals surface area contributed by atoms with Crippen LogP contribution in [0.25, 0.3) is 0 Å². The average molecular weight is 373 g/mol. The summed E-state index contributed by atoms with van der Waals surface area (Å²) < 4.78 is 21.8. The van der Waals surface area contributed by atoms with Crippen LogP contribution in [-0.2, 0) is 11.3 Å². The molecule has 0 aliphatic rings. The van der Waals surface area contributed by atoms with Crippen molar-refractivity contribution < 1.29 is 23.7 Å². The number of nitrogens with one attached hydrogen (secondary N) is 1. The smallest absolute Gasteiger partial charge is 0.261 e. The van der Waals surface area contributed by atoms with Crippen LogP contribution in [0.1, 0.15) is 24.5 Å². The molecule has 6 heteroatoms. The van der Waals surface area contributed by atoms with Gasteiger partial charge in [-0.3, -0.25) is 4.79 Å². The van der Waals surface area contributed by atoms with Gasteiger partial charge in [-0.15, -0.1) is 0 Å². The van der Waals surface area contributed by atoms with E-state index in [2.05, 4.69) is 5.32 Å². The second-order valence-corrected chi connectivity index (χ2v) is 6.08. The molecule has 27 heavy (non-hydrogen) atoms. The number of carbonyl (C=O) groups is 1. The van der Waals surface area contributed by atoms with Crippen LogP contribution in [0.3, 0.4) is 0 Å². The quantitative estimate of drug-likeness (QED) is 0.729. The van der Waals surface area contributed by atoms with Crippen molar-refractivity contribution in [1.82, 2.24) is 5.32 Å². The summed E-state index contributed by atoms with van der Waals surface area (Å²) in [5.74, 6) is 2.12. The fourth-order valence-corrected chi connectivity index (χ4v) is 2.72. The van der Waals surface area contributed by atoms with Crippen molar-refractivity contribution in [2.75, 3.05) is 21.3 Å². The molecule has 0 aliphatic carbocycles. The standard InChI is InChI=1S/C21H27NO5/c1-6-17(27-16-9-7-8-14(2)10-16)21(23)22-13-15-11-18(24-3)20(26-5)19(12-15)25-4/h7-12,17H,6,13H2,1-5H3,(H,22,23)/t17-/m0/s1. The van der Waals surface area contributed by atoms with Crippen LogP contribution in [0.2, 0.25) is 0 Å². The van der Waals surface area contributed by atoms with E-state index in [4.69, 9.17) is 18.9 Å². The van der Waals surface area contributed by atoms with Crippen LogP contribution in [0.4, 0.5) is 0 Å². The van der Waals surface area contributed by atoms with Gasteiger partial charge in [0.25, 0.3) is 5.91 Å². The highest BCUT2D eigenvalue weighted by atomic mass is 16.5. The highest BCUT2D eigenvalue weighted by Gasteiger charge is 2.19. The molecule has 0 spiro atoms. The maximum absolute atomic E-state index is 12.5. The van der Waals surface area contributed by atoms with E-state index in [1.54, 1.807) is 21.3 Å². The van der Waals surface area contributed by atoms with Crippen LogP contribution < -0.4 is 24.3 Å². The molecule has 0 radical (unpaired) electrons. The summed E-state index contributed by atoms with van der Waals surface area (Å²) in [5, 5.41) is 2.91. The molecule has 6 nitrogen and oxygen atoms in total. The monoisotopic (exact) mass is 373 g/mol. The maximum atomic E-state index is 12.5. The number of ether oxygens (including phenoxy) is 4. The van der Waals surface area contributed by atoms with Crippen molar-refractivity contribution in [3.63, 3.8) is 0 Å². The Morgan fingerprint density at radius 2 is 1.70 bits per heavy atom. The van der Waals surface area contributed by atoms with Gasteiger partial charge in [0.05, 0.1) is 21.3 Å². The third kappa shape index (κ3) is 5.29. The zero-order chi connectivity index (χ0) is 19.8. The molecular formula is C21H27NO5. The molecule has 1 N–H and O–H groups in total. The van der Waals surface area contributed by atoms with Crippen molar-refractivity contribution in [3.05, 3.63) is 47.5 Å². The van der Waals surface area contributed by atoms with Gasteiger partial charge >= 0.3 is 0 Å². The second-order valence-electron chi connectivity index (χ2n) is 6.08. The Hall–Kier alpha value is -2.89. The minimum absolute atomic E-state index is 0.173. The Morgan fingerprint density at radius 1 is 1.04 bits per heavy atom. The molecule has 1 atom stereocenters. The Kier molecular flexibility index (Phi) is 7.34. The molecule has 2 aromatic rings. The predicted molar refractivity (Wildman–Crippen MR) is 104 cm³/mol. The summed E-state index contributed by atoms with van der Waals surface area (Å²) in [4.78, 5) is 12.5. The maximum Gasteiger partial charge on any atom is 0.261 e. The summed E-state index contributed by atoms with van der Waals surface area (Å²) in [6.07, 6.45) is 0.00325. The predicted octanol–water partition coefficient (Wildman–Crippen LogP) is 3.49. The van der Waals surface area contributed by atoms with E-state index in [9.17, 15) is 4.79 Å². The van der Waals surface area contributed by atoms with Gasteiger partial charge in [-0.1, -0.05) is 19.1 Å². The van der Waals surface area contributed by atoms with Crippen molar-refractivity contribution in [2.24, 2.45) is 0 Å². The number of rotatable bonds is 9. The molecule has 0 aromatic heterocycles. The zero-order valence-electron chi connectivity index (χ0n) is 16.5. The van der Waals surface area contributed by atoms with E-state index < -0.39 is 6.10 Å². The van der Waals surface area contributed by atoms with E-state index in [1.807, 2.05) is 50.2 Å². The van der Waals surface area contributed by atoms with E-state index >= 15 is 0 Å². The molecule has 2 aromatic carbocycles. The summed E-state index contributed by atoms with van der Waals surface area (Å²) in [7, 11) is 4.67. The Balaban J connectivity index is 2.07. The normalized spacial score (nSPS) is 11.4. The highest BCUT2D eigenvalue weighted by Crippen LogP contribution is 2.38. The second kappa shape index (κ2) is 9.71. The first kappa shape index (κ1) is 20.4. The first-order valence-electron chi connectivity index (χ1n) is 8.82. The van der Waals surface area contributed by atoms with Crippen LogP contribution in [0, 0.1) is 6.92 Å². The molecule has 0 unspecified atom stereocenters. The molecule has 1 amide bonds. The van der Waals surface area contributed by atoms with Crippen molar-refractivity contribution in [2.45, 2.75) is 32.9 Å². The molecule has 0 bridgehead atoms. The number of amides is 1.